The smallest absolute Gasteiger partial charge is 0.253 e. The number of rotatable bonds is 6. The summed E-state index contributed by atoms with van der Waals surface area (Å²) in [5.74, 6) is -0.0559. The second-order valence-corrected chi connectivity index (χ2v) is 4.44. The molecule has 0 saturated carbocycles. The fourth-order valence-electron chi connectivity index (χ4n) is 1.74. The van der Waals surface area contributed by atoms with Gasteiger partial charge in [0.2, 0.25) is 5.91 Å². The van der Waals surface area contributed by atoms with Crippen LogP contribution in [0.1, 0.15) is 17.3 Å². The Kier molecular flexibility index (Phi) is 8.42. The minimum atomic E-state index is -0.277. The van der Waals surface area contributed by atoms with E-state index in [-0.39, 0.29) is 30.1 Å². The molecule has 1 rings (SSSR count). The molecule has 0 aliphatic carbocycles. The minimum Gasteiger partial charge on any atom is -0.497 e. The van der Waals surface area contributed by atoms with Crippen molar-refractivity contribution in [1.29, 1.82) is 0 Å². The normalized spacial score (nSPS) is 11.0. The van der Waals surface area contributed by atoms with Gasteiger partial charge in [0.1, 0.15) is 5.75 Å². The van der Waals surface area contributed by atoms with Gasteiger partial charge >= 0.3 is 0 Å². The predicted molar refractivity (Wildman–Crippen MR) is 85.4 cm³/mol. The van der Waals surface area contributed by atoms with Gasteiger partial charge in [0.15, 0.2) is 0 Å². The Labute approximate surface area is 131 Å². The quantitative estimate of drug-likeness (QED) is 0.738. The first-order chi connectivity index (χ1) is 9.53. The lowest BCUT2D eigenvalue weighted by Crippen LogP contribution is -2.29. The number of methoxy groups -OCH3 is 1. The van der Waals surface area contributed by atoms with Crippen molar-refractivity contribution in [3.63, 3.8) is 0 Å². The van der Waals surface area contributed by atoms with Crippen molar-refractivity contribution in [2.45, 2.75) is 6.92 Å². The van der Waals surface area contributed by atoms with E-state index in [1.165, 1.54) is 14.2 Å². The third-order valence-electron chi connectivity index (χ3n) is 2.91. The Hall–Kier alpha value is -1.79. The van der Waals surface area contributed by atoms with Crippen LogP contribution < -0.4 is 20.7 Å². The molecule has 0 bridgehead atoms. The molecule has 6 nitrogen and oxygen atoms in total. The maximum absolute atomic E-state index is 12.0. The summed E-state index contributed by atoms with van der Waals surface area (Å²) in [5, 5.41) is 8.25. The van der Waals surface area contributed by atoms with Crippen LogP contribution in [0.4, 0.5) is 5.69 Å². The number of ether oxygens (including phenoxy) is 1. The van der Waals surface area contributed by atoms with Gasteiger partial charge in [0.05, 0.1) is 18.4 Å². The highest BCUT2D eigenvalue weighted by molar-refractivity contribution is 6.04. The zero-order valence-corrected chi connectivity index (χ0v) is 13.5. The number of carbonyl (C=O) groups is 2. The summed E-state index contributed by atoms with van der Waals surface area (Å²) in [6.07, 6.45) is 0. The van der Waals surface area contributed by atoms with Gasteiger partial charge in [-0.2, -0.15) is 0 Å². The Balaban J connectivity index is 0.00000400. The zero-order chi connectivity index (χ0) is 15.1. The molecule has 21 heavy (non-hydrogen) atoms. The summed E-state index contributed by atoms with van der Waals surface area (Å²) < 4.78 is 5.09. The molecule has 0 spiro atoms. The third kappa shape index (κ3) is 5.24. The van der Waals surface area contributed by atoms with Crippen LogP contribution in [0.2, 0.25) is 0 Å². The molecule has 118 valence electrons. The molecule has 0 fully saturated rings. The number of hydrogen-bond acceptors (Lipinski definition) is 4. The van der Waals surface area contributed by atoms with Crippen molar-refractivity contribution < 1.29 is 14.3 Å². The van der Waals surface area contributed by atoms with Crippen molar-refractivity contribution in [3.8, 4) is 5.75 Å². The lowest BCUT2D eigenvalue weighted by Gasteiger charge is -2.15. The number of nitrogens with one attached hydrogen (secondary N) is 3. The Bertz CT molecular complexity index is 494. The van der Waals surface area contributed by atoms with Gasteiger partial charge in [-0.3, -0.25) is 9.59 Å². The molecule has 1 aromatic rings. The summed E-state index contributed by atoms with van der Waals surface area (Å²) in [6.45, 7) is 2.38. The van der Waals surface area contributed by atoms with E-state index < -0.39 is 0 Å². The van der Waals surface area contributed by atoms with Crippen molar-refractivity contribution >= 4 is 29.9 Å². The van der Waals surface area contributed by atoms with Crippen LogP contribution in [0.5, 0.6) is 5.75 Å². The molecule has 1 atom stereocenters. The van der Waals surface area contributed by atoms with Crippen LogP contribution in [-0.4, -0.2) is 39.6 Å². The number of carbonyl (C=O) groups excluding carboxylic acids is 2. The van der Waals surface area contributed by atoms with E-state index in [0.717, 1.165) is 0 Å². The lowest BCUT2D eigenvalue weighted by atomic mass is 10.1. The maximum atomic E-state index is 12.0. The van der Waals surface area contributed by atoms with E-state index >= 15 is 0 Å². The van der Waals surface area contributed by atoms with Crippen molar-refractivity contribution in [1.82, 2.24) is 10.6 Å². The summed E-state index contributed by atoms with van der Waals surface area (Å²) in [4.78, 5) is 23.9. The van der Waals surface area contributed by atoms with Crippen molar-refractivity contribution in [3.05, 3.63) is 23.8 Å². The fourth-order valence-corrected chi connectivity index (χ4v) is 1.74. The van der Waals surface area contributed by atoms with E-state index in [4.69, 9.17) is 4.74 Å². The second kappa shape index (κ2) is 9.20. The van der Waals surface area contributed by atoms with Crippen LogP contribution in [0, 0.1) is 5.92 Å². The summed E-state index contributed by atoms with van der Waals surface area (Å²) >= 11 is 0. The fraction of sp³-hybridized carbons (Fsp3) is 0.429. The first-order valence-electron chi connectivity index (χ1n) is 6.39. The van der Waals surface area contributed by atoms with E-state index in [1.807, 2.05) is 6.92 Å². The van der Waals surface area contributed by atoms with Crippen LogP contribution >= 0.6 is 12.4 Å². The van der Waals surface area contributed by atoms with E-state index in [2.05, 4.69) is 16.0 Å². The first-order valence-corrected chi connectivity index (χ1v) is 6.39. The standard InChI is InChI=1S/C14H21N3O3.ClH/c1-9(8-15-2)13(18)17-12-6-5-10(20-4)7-11(12)14(19)16-3;/h5-7,9,15H,8H2,1-4H3,(H,16,19)(H,17,18);1H. The molecule has 0 aromatic heterocycles. The van der Waals surface area contributed by atoms with E-state index in [1.54, 1.807) is 25.2 Å². The highest BCUT2D eigenvalue weighted by Gasteiger charge is 2.17. The molecule has 2 amide bonds. The van der Waals surface area contributed by atoms with Gasteiger partial charge < -0.3 is 20.7 Å². The zero-order valence-electron chi connectivity index (χ0n) is 12.6. The molecule has 0 radical (unpaired) electrons. The molecular formula is C14H22ClN3O3. The third-order valence-corrected chi connectivity index (χ3v) is 2.91. The molecule has 0 heterocycles. The number of hydrogen-bond donors (Lipinski definition) is 3. The number of halogens is 1. The second-order valence-electron chi connectivity index (χ2n) is 4.44. The summed E-state index contributed by atoms with van der Waals surface area (Å²) in [5.41, 5.74) is 0.843. The van der Waals surface area contributed by atoms with Crippen molar-refractivity contribution in [2.75, 3.05) is 33.1 Å². The SMILES string of the molecule is CNCC(C)C(=O)Nc1ccc(OC)cc1C(=O)NC.Cl. The van der Waals surface area contributed by atoms with Crippen molar-refractivity contribution in [2.24, 2.45) is 5.92 Å². The highest BCUT2D eigenvalue weighted by Crippen LogP contribution is 2.22. The largest absolute Gasteiger partial charge is 0.497 e. The molecule has 0 aliphatic rings. The van der Waals surface area contributed by atoms with E-state index in [9.17, 15) is 9.59 Å². The summed E-state index contributed by atoms with van der Waals surface area (Å²) in [7, 11) is 4.85. The molecule has 3 N–H and O–H groups in total. The Morgan fingerprint density at radius 3 is 2.48 bits per heavy atom. The van der Waals surface area contributed by atoms with Gasteiger partial charge in [0, 0.05) is 19.5 Å². The topological polar surface area (TPSA) is 79.5 Å². The van der Waals surface area contributed by atoms with Gasteiger partial charge in [-0.05, 0) is 25.2 Å². The Morgan fingerprint density at radius 1 is 1.29 bits per heavy atom. The molecular weight excluding hydrogens is 294 g/mol. The van der Waals surface area contributed by atoms with Gasteiger partial charge in [0.25, 0.3) is 5.91 Å². The predicted octanol–water partition coefficient (Wildman–Crippen LogP) is 1.27. The number of anilines is 1. The maximum Gasteiger partial charge on any atom is 0.253 e. The first kappa shape index (κ1) is 19.2. The molecule has 1 unspecified atom stereocenters. The average Bonchev–Trinajstić information content (AvgIpc) is 2.46. The van der Waals surface area contributed by atoms with Gasteiger partial charge in [-0.15, -0.1) is 12.4 Å². The van der Waals surface area contributed by atoms with Crippen LogP contribution in [0.15, 0.2) is 18.2 Å². The van der Waals surface area contributed by atoms with Crippen LogP contribution in [-0.2, 0) is 4.79 Å². The molecule has 1 aromatic carbocycles. The summed E-state index contributed by atoms with van der Waals surface area (Å²) in [6, 6.07) is 4.95. The Morgan fingerprint density at radius 2 is 1.95 bits per heavy atom. The molecule has 0 aliphatic heterocycles. The number of benzene rings is 1. The molecule has 7 heteroatoms. The molecule has 0 saturated heterocycles. The number of amides is 2. The lowest BCUT2D eigenvalue weighted by molar-refractivity contribution is -0.119. The minimum absolute atomic E-state index is 0. The van der Waals surface area contributed by atoms with Gasteiger partial charge in [-0.25, -0.2) is 0 Å². The van der Waals surface area contributed by atoms with Crippen LogP contribution in [0.3, 0.4) is 0 Å². The van der Waals surface area contributed by atoms with Gasteiger partial charge in [-0.1, -0.05) is 6.92 Å². The van der Waals surface area contributed by atoms with E-state index in [0.29, 0.717) is 23.5 Å². The average molecular weight is 316 g/mol. The van der Waals surface area contributed by atoms with Crippen LogP contribution in [0.25, 0.3) is 0 Å². The monoisotopic (exact) mass is 315 g/mol. The highest BCUT2D eigenvalue weighted by atomic mass is 35.5.